The van der Waals surface area contributed by atoms with Gasteiger partial charge in [-0.2, -0.15) is 0 Å². The van der Waals surface area contributed by atoms with Crippen molar-refractivity contribution in [1.82, 2.24) is 9.80 Å². The number of nitrogens with two attached hydrogens (primary N) is 1. The lowest BCUT2D eigenvalue weighted by Crippen LogP contribution is -2.51. The molecule has 1 saturated heterocycles. The van der Waals surface area contributed by atoms with E-state index in [0.29, 0.717) is 19.5 Å². The Hall–Kier alpha value is -0.850. The summed E-state index contributed by atoms with van der Waals surface area (Å²) >= 11 is 0. The molecule has 1 heterocycles. The highest BCUT2D eigenvalue weighted by Crippen LogP contribution is 2.13. The Kier molecular flexibility index (Phi) is 5.79. The second-order valence-corrected chi connectivity index (χ2v) is 6.76. The molecule has 20 heavy (non-hydrogen) atoms. The van der Waals surface area contributed by atoms with Crippen molar-refractivity contribution < 1.29 is 14.6 Å². The molecule has 0 aliphatic carbocycles. The molecule has 1 atom stereocenters. The normalized spacial score (nSPS) is 20.6. The van der Waals surface area contributed by atoms with Gasteiger partial charge in [0.25, 0.3) is 0 Å². The van der Waals surface area contributed by atoms with Crippen LogP contribution in [0.3, 0.4) is 0 Å². The number of ether oxygens (including phenoxy) is 1. The van der Waals surface area contributed by atoms with Gasteiger partial charge in [0.15, 0.2) is 0 Å². The molecule has 0 radical (unpaired) electrons. The van der Waals surface area contributed by atoms with Crippen LogP contribution in [0.25, 0.3) is 0 Å². The Balaban J connectivity index is 2.31. The van der Waals surface area contributed by atoms with E-state index in [4.69, 9.17) is 10.5 Å². The standard InChI is InChI=1S/C14H29N3O3/c1-13(2,3)20-12(18)17-9-7-16(8-10-17)6-5-14(4,19)11-15/h19H,5-11,15H2,1-4H3. The van der Waals surface area contributed by atoms with Crippen molar-refractivity contribution >= 4 is 6.09 Å². The molecule has 3 N–H and O–H groups in total. The maximum atomic E-state index is 11.9. The Morgan fingerprint density at radius 2 is 1.75 bits per heavy atom. The molecule has 0 aromatic rings. The lowest BCUT2D eigenvalue weighted by molar-refractivity contribution is 0.00889. The Morgan fingerprint density at radius 1 is 1.20 bits per heavy atom. The summed E-state index contributed by atoms with van der Waals surface area (Å²) < 4.78 is 5.36. The molecule has 1 amide bonds. The van der Waals surface area contributed by atoms with Crippen LogP contribution in [0.15, 0.2) is 0 Å². The van der Waals surface area contributed by atoms with Crippen molar-refractivity contribution in [3.05, 3.63) is 0 Å². The van der Waals surface area contributed by atoms with Crippen LogP contribution in [0.5, 0.6) is 0 Å². The fraction of sp³-hybridized carbons (Fsp3) is 0.929. The van der Waals surface area contributed by atoms with Crippen molar-refractivity contribution in [3.63, 3.8) is 0 Å². The first-order valence-corrected chi connectivity index (χ1v) is 7.26. The van der Waals surface area contributed by atoms with Gasteiger partial charge in [-0.15, -0.1) is 0 Å². The van der Waals surface area contributed by atoms with E-state index in [9.17, 15) is 9.90 Å². The average Bonchev–Trinajstić information content (AvgIpc) is 2.35. The van der Waals surface area contributed by atoms with Gasteiger partial charge in [-0.25, -0.2) is 4.79 Å². The van der Waals surface area contributed by atoms with Gasteiger partial charge in [0.2, 0.25) is 0 Å². The van der Waals surface area contributed by atoms with Crippen LogP contribution in [-0.2, 0) is 4.74 Å². The smallest absolute Gasteiger partial charge is 0.410 e. The van der Waals surface area contributed by atoms with Gasteiger partial charge in [-0.1, -0.05) is 0 Å². The minimum atomic E-state index is -0.803. The van der Waals surface area contributed by atoms with Gasteiger partial charge >= 0.3 is 6.09 Å². The molecule has 0 spiro atoms. The zero-order chi connectivity index (χ0) is 15.4. The number of carbonyl (C=O) groups excluding carboxylic acids is 1. The molecule has 6 heteroatoms. The van der Waals surface area contributed by atoms with Crippen LogP contribution in [0.1, 0.15) is 34.1 Å². The van der Waals surface area contributed by atoms with E-state index < -0.39 is 11.2 Å². The largest absolute Gasteiger partial charge is 0.444 e. The van der Waals surface area contributed by atoms with Gasteiger partial charge in [-0.3, -0.25) is 4.90 Å². The summed E-state index contributed by atoms with van der Waals surface area (Å²) in [5, 5.41) is 9.89. The third-order valence-corrected chi connectivity index (χ3v) is 3.43. The zero-order valence-corrected chi connectivity index (χ0v) is 13.2. The number of piperazine rings is 1. The first-order chi connectivity index (χ1) is 9.13. The number of carbonyl (C=O) groups is 1. The monoisotopic (exact) mass is 287 g/mol. The van der Waals surface area contributed by atoms with Crippen LogP contribution in [0.2, 0.25) is 0 Å². The van der Waals surface area contributed by atoms with Gasteiger partial charge in [0, 0.05) is 39.3 Å². The topological polar surface area (TPSA) is 79.0 Å². The lowest BCUT2D eigenvalue weighted by atomic mass is 10.0. The average molecular weight is 287 g/mol. The molecule has 1 fully saturated rings. The summed E-state index contributed by atoms with van der Waals surface area (Å²) in [5.41, 5.74) is 4.25. The molecule has 1 aliphatic rings. The van der Waals surface area contributed by atoms with Gasteiger partial charge in [0.1, 0.15) is 5.60 Å². The van der Waals surface area contributed by atoms with E-state index in [1.54, 1.807) is 11.8 Å². The number of hydrogen-bond donors (Lipinski definition) is 2. The predicted octanol–water partition coefficient (Wildman–Crippen LogP) is 0.639. The second kappa shape index (κ2) is 6.74. The molecule has 1 unspecified atom stereocenters. The lowest BCUT2D eigenvalue weighted by Gasteiger charge is -2.36. The van der Waals surface area contributed by atoms with Gasteiger partial charge < -0.3 is 20.5 Å². The molecule has 118 valence electrons. The highest BCUT2D eigenvalue weighted by atomic mass is 16.6. The molecule has 1 aliphatic heterocycles. The van der Waals surface area contributed by atoms with E-state index in [1.165, 1.54) is 0 Å². The molecule has 0 bridgehead atoms. The molecular weight excluding hydrogens is 258 g/mol. The van der Waals surface area contributed by atoms with E-state index >= 15 is 0 Å². The maximum Gasteiger partial charge on any atom is 0.410 e. The zero-order valence-electron chi connectivity index (χ0n) is 13.2. The van der Waals surface area contributed by atoms with E-state index in [2.05, 4.69) is 4.90 Å². The fourth-order valence-corrected chi connectivity index (χ4v) is 1.98. The minimum Gasteiger partial charge on any atom is -0.444 e. The minimum absolute atomic E-state index is 0.244. The molecule has 1 rings (SSSR count). The van der Waals surface area contributed by atoms with Crippen molar-refractivity contribution in [1.29, 1.82) is 0 Å². The molecular formula is C14H29N3O3. The summed E-state index contributed by atoms with van der Waals surface area (Å²) in [7, 11) is 0. The van der Waals surface area contributed by atoms with Crippen LogP contribution < -0.4 is 5.73 Å². The Labute approximate surface area is 121 Å². The molecule has 6 nitrogen and oxygen atoms in total. The van der Waals surface area contributed by atoms with Crippen molar-refractivity contribution in [2.75, 3.05) is 39.3 Å². The number of aliphatic hydroxyl groups is 1. The van der Waals surface area contributed by atoms with E-state index in [0.717, 1.165) is 19.6 Å². The predicted molar refractivity (Wildman–Crippen MR) is 78.5 cm³/mol. The van der Waals surface area contributed by atoms with Gasteiger partial charge in [0.05, 0.1) is 5.60 Å². The molecule has 0 saturated carbocycles. The molecule has 0 aromatic heterocycles. The summed E-state index contributed by atoms with van der Waals surface area (Å²) in [6.07, 6.45) is 0.404. The Bertz CT molecular complexity index is 318. The second-order valence-electron chi connectivity index (χ2n) is 6.76. The van der Waals surface area contributed by atoms with Crippen molar-refractivity contribution in [2.24, 2.45) is 5.73 Å². The first kappa shape index (κ1) is 17.2. The van der Waals surface area contributed by atoms with Crippen molar-refractivity contribution in [2.45, 2.75) is 45.3 Å². The van der Waals surface area contributed by atoms with Crippen LogP contribution in [0, 0.1) is 0 Å². The SMILES string of the molecule is CC(O)(CN)CCN1CCN(C(=O)OC(C)(C)C)CC1. The summed E-state index contributed by atoms with van der Waals surface area (Å²) in [6, 6.07) is 0. The Morgan fingerprint density at radius 3 is 2.20 bits per heavy atom. The van der Waals surface area contributed by atoms with Crippen LogP contribution >= 0.6 is 0 Å². The highest BCUT2D eigenvalue weighted by Gasteiger charge is 2.27. The number of hydrogen-bond acceptors (Lipinski definition) is 5. The first-order valence-electron chi connectivity index (χ1n) is 7.26. The van der Waals surface area contributed by atoms with Crippen LogP contribution in [0.4, 0.5) is 4.79 Å². The summed E-state index contributed by atoms with van der Waals surface area (Å²) in [6.45, 7) is 11.4. The van der Waals surface area contributed by atoms with E-state index in [1.807, 2.05) is 20.8 Å². The number of rotatable bonds is 4. The third kappa shape index (κ3) is 6.07. The highest BCUT2D eigenvalue weighted by molar-refractivity contribution is 5.68. The fourth-order valence-electron chi connectivity index (χ4n) is 1.98. The van der Waals surface area contributed by atoms with Gasteiger partial charge in [-0.05, 0) is 34.1 Å². The number of nitrogens with zero attached hydrogens (tertiary/aromatic N) is 2. The summed E-state index contributed by atoms with van der Waals surface area (Å²) in [5.74, 6) is 0. The van der Waals surface area contributed by atoms with Crippen molar-refractivity contribution in [3.8, 4) is 0 Å². The summed E-state index contributed by atoms with van der Waals surface area (Å²) in [4.78, 5) is 15.9. The van der Waals surface area contributed by atoms with Crippen LogP contribution in [-0.4, -0.2) is 71.5 Å². The quantitative estimate of drug-likeness (QED) is 0.793. The maximum absolute atomic E-state index is 11.9. The van der Waals surface area contributed by atoms with E-state index in [-0.39, 0.29) is 12.6 Å². The molecule has 0 aromatic carbocycles. The number of amides is 1. The third-order valence-electron chi connectivity index (χ3n) is 3.43.